The van der Waals surface area contributed by atoms with Gasteiger partial charge in [-0.1, -0.05) is 17.3 Å². The summed E-state index contributed by atoms with van der Waals surface area (Å²) in [5.41, 5.74) is 1.96. The Hall–Kier alpha value is -3.02. The minimum absolute atomic E-state index is 0.173. The van der Waals surface area contributed by atoms with Crippen molar-refractivity contribution in [1.82, 2.24) is 10.1 Å². The molecule has 22 heavy (non-hydrogen) atoms. The Morgan fingerprint density at radius 2 is 2.14 bits per heavy atom. The van der Waals surface area contributed by atoms with Crippen LogP contribution in [0.5, 0.6) is 0 Å². The van der Waals surface area contributed by atoms with Crippen molar-refractivity contribution in [3.05, 3.63) is 66.1 Å². The van der Waals surface area contributed by atoms with Gasteiger partial charge in [-0.3, -0.25) is 9.78 Å². The number of anilines is 1. The van der Waals surface area contributed by atoms with Crippen LogP contribution in [-0.2, 0) is 0 Å². The van der Waals surface area contributed by atoms with Gasteiger partial charge in [0.15, 0.2) is 5.69 Å². The number of rotatable bonds is 3. The van der Waals surface area contributed by atoms with Crippen molar-refractivity contribution >= 4 is 11.6 Å². The van der Waals surface area contributed by atoms with Gasteiger partial charge in [0.2, 0.25) is 0 Å². The third-order valence-electron chi connectivity index (χ3n) is 3.07. The van der Waals surface area contributed by atoms with Crippen LogP contribution in [-0.4, -0.2) is 16.0 Å². The second-order valence-electron chi connectivity index (χ2n) is 4.71. The molecule has 3 aromatic rings. The van der Waals surface area contributed by atoms with Crippen LogP contribution in [0.4, 0.5) is 10.1 Å². The first kappa shape index (κ1) is 13.9. The maximum absolute atomic E-state index is 13.4. The molecular formula is C16H12FN3O2. The first-order valence-corrected chi connectivity index (χ1v) is 6.58. The van der Waals surface area contributed by atoms with Crippen LogP contribution in [0.2, 0.25) is 0 Å². The fourth-order valence-electron chi connectivity index (χ4n) is 2.06. The number of carbonyl (C=O) groups is 1. The van der Waals surface area contributed by atoms with Crippen molar-refractivity contribution in [2.24, 2.45) is 0 Å². The van der Waals surface area contributed by atoms with Gasteiger partial charge in [0.25, 0.3) is 5.91 Å². The topological polar surface area (TPSA) is 68.0 Å². The fourth-order valence-corrected chi connectivity index (χ4v) is 2.06. The van der Waals surface area contributed by atoms with E-state index in [4.69, 9.17) is 4.52 Å². The third kappa shape index (κ3) is 2.85. The first-order valence-electron chi connectivity index (χ1n) is 6.58. The maximum Gasteiger partial charge on any atom is 0.277 e. The summed E-state index contributed by atoms with van der Waals surface area (Å²) >= 11 is 0. The van der Waals surface area contributed by atoms with Gasteiger partial charge in [-0.05, 0) is 30.7 Å². The normalized spacial score (nSPS) is 10.5. The van der Waals surface area contributed by atoms with Crippen LogP contribution < -0.4 is 5.32 Å². The average molecular weight is 297 g/mol. The zero-order valence-corrected chi connectivity index (χ0v) is 11.7. The quantitative estimate of drug-likeness (QED) is 0.804. The predicted octanol–water partition coefficient (Wildman–Crippen LogP) is 3.44. The molecule has 2 aromatic heterocycles. The van der Waals surface area contributed by atoms with Crippen LogP contribution in [0.3, 0.4) is 0 Å². The molecule has 0 radical (unpaired) electrons. The molecule has 5 nitrogen and oxygen atoms in total. The average Bonchev–Trinajstić information content (AvgIpc) is 2.94. The van der Waals surface area contributed by atoms with Crippen molar-refractivity contribution in [1.29, 1.82) is 0 Å². The lowest BCUT2D eigenvalue weighted by Crippen LogP contribution is -2.13. The second-order valence-corrected chi connectivity index (χ2v) is 4.71. The summed E-state index contributed by atoms with van der Waals surface area (Å²) in [6, 6.07) is 9.37. The highest BCUT2D eigenvalue weighted by atomic mass is 19.1. The molecule has 0 aliphatic heterocycles. The van der Waals surface area contributed by atoms with Gasteiger partial charge >= 0.3 is 0 Å². The molecule has 1 amide bonds. The Morgan fingerprint density at radius 1 is 1.27 bits per heavy atom. The number of carbonyl (C=O) groups excluding carboxylic acids is 1. The van der Waals surface area contributed by atoms with E-state index in [1.54, 1.807) is 31.3 Å². The van der Waals surface area contributed by atoms with Gasteiger partial charge in [0.05, 0.1) is 11.9 Å². The SMILES string of the molecule is Cc1cc(C(=O)Nc2cnccc2-c2cccc(F)c2)no1. The molecule has 0 saturated heterocycles. The smallest absolute Gasteiger partial charge is 0.277 e. The molecule has 1 N–H and O–H groups in total. The zero-order chi connectivity index (χ0) is 15.5. The Kier molecular flexibility index (Phi) is 3.65. The highest BCUT2D eigenvalue weighted by molar-refractivity contribution is 6.04. The number of hydrogen-bond acceptors (Lipinski definition) is 4. The molecule has 0 aliphatic carbocycles. The molecule has 0 bridgehead atoms. The Bertz CT molecular complexity index is 830. The van der Waals surface area contributed by atoms with Crippen LogP contribution >= 0.6 is 0 Å². The van der Waals surface area contributed by atoms with Crippen LogP contribution in [0.25, 0.3) is 11.1 Å². The number of amides is 1. The van der Waals surface area contributed by atoms with E-state index < -0.39 is 5.91 Å². The summed E-state index contributed by atoms with van der Waals surface area (Å²) in [7, 11) is 0. The van der Waals surface area contributed by atoms with Gasteiger partial charge < -0.3 is 9.84 Å². The largest absolute Gasteiger partial charge is 0.361 e. The van der Waals surface area contributed by atoms with Crippen molar-refractivity contribution in [2.45, 2.75) is 6.92 Å². The Labute approximate surface area is 125 Å². The molecule has 0 atom stereocenters. The minimum atomic E-state index is -0.414. The van der Waals surface area contributed by atoms with Crippen LogP contribution in [0.1, 0.15) is 16.2 Å². The lowest BCUT2D eigenvalue weighted by atomic mass is 10.1. The molecule has 0 saturated carbocycles. The number of pyridine rings is 1. The number of aryl methyl sites for hydroxylation is 1. The standard InChI is InChI=1S/C16H12FN3O2/c1-10-7-14(20-22-10)16(21)19-15-9-18-6-5-13(15)11-3-2-4-12(17)8-11/h2-9H,1H3,(H,19,21). The predicted molar refractivity (Wildman–Crippen MR) is 78.8 cm³/mol. The Balaban J connectivity index is 1.93. The molecule has 6 heteroatoms. The zero-order valence-electron chi connectivity index (χ0n) is 11.7. The molecule has 0 spiro atoms. The van der Waals surface area contributed by atoms with E-state index in [0.717, 1.165) is 0 Å². The number of hydrogen-bond donors (Lipinski definition) is 1. The van der Waals surface area contributed by atoms with Crippen molar-refractivity contribution < 1.29 is 13.7 Å². The van der Waals surface area contributed by atoms with E-state index in [0.29, 0.717) is 22.6 Å². The molecule has 0 unspecified atom stereocenters. The van der Waals surface area contributed by atoms with Crippen LogP contribution in [0.15, 0.2) is 53.3 Å². The molecule has 1 aromatic carbocycles. The molecule has 0 aliphatic rings. The van der Waals surface area contributed by atoms with E-state index >= 15 is 0 Å². The van der Waals surface area contributed by atoms with E-state index in [1.165, 1.54) is 24.4 Å². The molecule has 0 fully saturated rings. The maximum atomic E-state index is 13.4. The van der Waals surface area contributed by atoms with Crippen molar-refractivity contribution in [3.8, 4) is 11.1 Å². The lowest BCUT2D eigenvalue weighted by Gasteiger charge is -2.09. The summed E-state index contributed by atoms with van der Waals surface area (Å²) in [5, 5.41) is 6.37. The van der Waals surface area contributed by atoms with Crippen molar-refractivity contribution in [3.63, 3.8) is 0 Å². The van der Waals surface area contributed by atoms with E-state index in [-0.39, 0.29) is 11.5 Å². The summed E-state index contributed by atoms with van der Waals surface area (Å²) in [4.78, 5) is 16.1. The molecule has 110 valence electrons. The van der Waals surface area contributed by atoms with Crippen molar-refractivity contribution in [2.75, 3.05) is 5.32 Å². The van der Waals surface area contributed by atoms with Crippen LogP contribution in [0, 0.1) is 12.7 Å². The molecule has 2 heterocycles. The third-order valence-corrected chi connectivity index (χ3v) is 3.07. The fraction of sp³-hybridized carbons (Fsp3) is 0.0625. The molecule has 3 rings (SSSR count). The van der Waals surface area contributed by atoms with E-state index in [2.05, 4.69) is 15.5 Å². The van der Waals surface area contributed by atoms with Gasteiger partial charge in [-0.2, -0.15) is 0 Å². The number of aromatic nitrogens is 2. The number of nitrogens with one attached hydrogen (secondary N) is 1. The van der Waals surface area contributed by atoms with Gasteiger partial charge in [-0.15, -0.1) is 0 Å². The summed E-state index contributed by atoms with van der Waals surface area (Å²) in [5.74, 6) is -0.220. The highest BCUT2D eigenvalue weighted by Crippen LogP contribution is 2.27. The van der Waals surface area contributed by atoms with E-state index in [9.17, 15) is 9.18 Å². The van der Waals surface area contributed by atoms with Gasteiger partial charge in [0.1, 0.15) is 11.6 Å². The first-order chi connectivity index (χ1) is 10.6. The second kappa shape index (κ2) is 5.77. The van der Waals surface area contributed by atoms with E-state index in [1.807, 2.05) is 0 Å². The number of nitrogens with zero attached hydrogens (tertiary/aromatic N) is 2. The number of benzene rings is 1. The summed E-state index contributed by atoms with van der Waals surface area (Å²) in [6.07, 6.45) is 3.08. The summed E-state index contributed by atoms with van der Waals surface area (Å²) in [6.45, 7) is 1.70. The van der Waals surface area contributed by atoms with Gasteiger partial charge in [-0.25, -0.2) is 4.39 Å². The summed E-state index contributed by atoms with van der Waals surface area (Å²) < 4.78 is 18.3. The number of halogens is 1. The monoisotopic (exact) mass is 297 g/mol. The minimum Gasteiger partial charge on any atom is -0.361 e. The molecular weight excluding hydrogens is 285 g/mol. The van der Waals surface area contributed by atoms with Gasteiger partial charge in [0, 0.05) is 17.8 Å². The highest BCUT2D eigenvalue weighted by Gasteiger charge is 2.14. The Morgan fingerprint density at radius 3 is 2.86 bits per heavy atom. The lowest BCUT2D eigenvalue weighted by molar-refractivity contribution is 0.101.